The summed E-state index contributed by atoms with van der Waals surface area (Å²) in [5.41, 5.74) is 0. The molecular formula is C17H32Cl2N2O. The maximum absolute atomic E-state index is 5.55. The van der Waals surface area contributed by atoms with Gasteiger partial charge in [-0.1, -0.05) is 12.8 Å². The van der Waals surface area contributed by atoms with Crippen molar-refractivity contribution in [2.75, 3.05) is 34.2 Å². The Hall–Kier alpha value is -0.220. The van der Waals surface area contributed by atoms with E-state index in [2.05, 4.69) is 37.0 Å². The number of nitrogens with zero attached hydrogens (tertiary/aromatic N) is 2. The molecule has 1 aliphatic rings. The number of rotatable bonds is 7. The molecule has 130 valence electrons. The lowest BCUT2D eigenvalue weighted by Gasteiger charge is -2.38. The summed E-state index contributed by atoms with van der Waals surface area (Å²) in [6, 6.07) is 4.86. The summed E-state index contributed by atoms with van der Waals surface area (Å²) in [4.78, 5) is 4.87. The molecule has 3 nitrogen and oxygen atoms in total. The van der Waals surface area contributed by atoms with E-state index in [1.807, 2.05) is 6.07 Å². The Balaban J connectivity index is 0.00000220. The van der Waals surface area contributed by atoms with Gasteiger partial charge in [-0.15, -0.1) is 24.8 Å². The first kappa shape index (κ1) is 21.8. The molecule has 2 atom stereocenters. The first-order valence-corrected chi connectivity index (χ1v) is 8.04. The van der Waals surface area contributed by atoms with E-state index in [4.69, 9.17) is 4.42 Å². The largest absolute Gasteiger partial charge is 0.469 e. The Morgan fingerprint density at radius 1 is 1.09 bits per heavy atom. The van der Waals surface area contributed by atoms with Crippen LogP contribution in [-0.2, 0) is 6.42 Å². The minimum absolute atomic E-state index is 0. The van der Waals surface area contributed by atoms with E-state index in [1.54, 1.807) is 6.26 Å². The smallest absolute Gasteiger partial charge is 0.104 e. The van der Waals surface area contributed by atoms with Gasteiger partial charge >= 0.3 is 0 Å². The van der Waals surface area contributed by atoms with E-state index in [1.165, 1.54) is 45.2 Å². The summed E-state index contributed by atoms with van der Waals surface area (Å²) in [5, 5.41) is 0. The molecule has 1 fully saturated rings. The standard InChI is InChI=1S/C17H30N2O.2ClH/c1-18(2)11-7-12-19(3)17-10-5-4-8-15(17)14-16-9-6-13-20-16;;/h6,9,13,15,17H,4-5,7-8,10-12,14H2,1-3H3;2*1H. The molecule has 2 rings (SSSR count). The van der Waals surface area contributed by atoms with Gasteiger partial charge in [-0.2, -0.15) is 0 Å². The number of furan rings is 1. The molecule has 1 heterocycles. The Morgan fingerprint density at radius 2 is 1.82 bits per heavy atom. The van der Waals surface area contributed by atoms with Crippen LogP contribution >= 0.6 is 24.8 Å². The van der Waals surface area contributed by atoms with E-state index in [-0.39, 0.29) is 24.8 Å². The van der Waals surface area contributed by atoms with Crippen LogP contribution in [0.25, 0.3) is 0 Å². The molecule has 0 aliphatic heterocycles. The van der Waals surface area contributed by atoms with Gasteiger partial charge < -0.3 is 14.2 Å². The van der Waals surface area contributed by atoms with E-state index < -0.39 is 0 Å². The zero-order valence-electron chi connectivity index (χ0n) is 14.2. The molecule has 0 saturated heterocycles. The van der Waals surface area contributed by atoms with Crippen molar-refractivity contribution in [3.63, 3.8) is 0 Å². The molecule has 5 heteroatoms. The first-order chi connectivity index (χ1) is 9.66. The Bertz CT molecular complexity index is 371. The van der Waals surface area contributed by atoms with Crippen LogP contribution in [0.5, 0.6) is 0 Å². The Kier molecular flexibility index (Phi) is 11.2. The fraction of sp³-hybridized carbons (Fsp3) is 0.765. The first-order valence-electron chi connectivity index (χ1n) is 8.04. The van der Waals surface area contributed by atoms with E-state index >= 15 is 0 Å². The molecule has 0 N–H and O–H groups in total. The minimum Gasteiger partial charge on any atom is -0.469 e. The summed E-state index contributed by atoms with van der Waals surface area (Å²) in [5.74, 6) is 1.92. The lowest BCUT2D eigenvalue weighted by atomic mass is 9.81. The minimum atomic E-state index is 0. The SMILES string of the molecule is CN(C)CCCN(C)C1CCCCC1Cc1ccco1.Cl.Cl. The number of hydrogen-bond acceptors (Lipinski definition) is 3. The average Bonchev–Trinajstić information content (AvgIpc) is 2.91. The highest BCUT2D eigenvalue weighted by Crippen LogP contribution is 2.30. The zero-order chi connectivity index (χ0) is 14.4. The quantitative estimate of drug-likeness (QED) is 0.737. The molecule has 0 spiro atoms. The predicted molar refractivity (Wildman–Crippen MR) is 98.5 cm³/mol. The van der Waals surface area contributed by atoms with Crippen molar-refractivity contribution in [2.24, 2.45) is 5.92 Å². The van der Waals surface area contributed by atoms with Gasteiger partial charge in [-0.3, -0.25) is 0 Å². The third-order valence-corrected chi connectivity index (χ3v) is 4.59. The van der Waals surface area contributed by atoms with Crippen LogP contribution in [-0.4, -0.2) is 50.1 Å². The number of halogens is 2. The topological polar surface area (TPSA) is 19.6 Å². The van der Waals surface area contributed by atoms with Crippen LogP contribution in [0.2, 0.25) is 0 Å². The van der Waals surface area contributed by atoms with Crippen molar-refractivity contribution in [3.8, 4) is 0 Å². The van der Waals surface area contributed by atoms with Crippen LogP contribution in [0.1, 0.15) is 37.9 Å². The second kappa shape index (κ2) is 11.3. The molecule has 2 unspecified atom stereocenters. The Labute approximate surface area is 148 Å². The van der Waals surface area contributed by atoms with Crippen LogP contribution < -0.4 is 0 Å². The Morgan fingerprint density at radius 3 is 2.45 bits per heavy atom. The maximum atomic E-state index is 5.55. The van der Waals surface area contributed by atoms with E-state index in [9.17, 15) is 0 Å². The second-order valence-corrected chi connectivity index (χ2v) is 6.53. The molecular weight excluding hydrogens is 319 g/mol. The molecule has 0 radical (unpaired) electrons. The highest BCUT2D eigenvalue weighted by molar-refractivity contribution is 5.85. The van der Waals surface area contributed by atoms with Crippen molar-refractivity contribution < 1.29 is 4.42 Å². The van der Waals surface area contributed by atoms with Gasteiger partial charge in [-0.25, -0.2) is 0 Å². The van der Waals surface area contributed by atoms with Crippen LogP contribution in [0.15, 0.2) is 22.8 Å². The monoisotopic (exact) mass is 350 g/mol. The zero-order valence-corrected chi connectivity index (χ0v) is 15.8. The summed E-state index contributed by atoms with van der Waals surface area (Å²) < 4.78 is 5.55. The molecule has 0 amide bonds. The summed E-state index contributed by atoms with van der Waals surface area (Å²) in [7, 11) is 6.61. The van der Waals surface area contributed by atoms with Crippen LogP contribution in [0.3, 0.4) is 0 Å². The lowest BCUT2D eigenvalue weighted by molar-refractivity contribution is 0.122. The highest BCUT2D eigenvalue weighted by atomic mass is 35.5. The van der Waals surface area contributed by atoms with Crippen molar-refractivity contribution in [1.29, 1.82) is 0 Å². The van der Waals surface area contributed by atoms with Gasteiger partial charge in [0.2, 0.25) is 0 Å². The summed E-state index contributed by atoms with van der Waals surface area (Å²) in [6.45, 7) is 2.39. The van der Waals surface area contributed by atoms with Crippen molar-refractivity contribution in [2.45, 2.75) is 44.6 Å². The summed E-state index contributed by atoms with van der Waals surface area (Å²) >= 11 is 0. The van der Waals surface area contributed by atoms with E-state index in [0.29, 0.717) is 0 Å². The maximum Gasteiger partial charge on any atom is 0.104 e. The van der Waals surface area contributed by atoms with Gasteiger partial charge in [0.25, 0.3) is 0 Å². The fourth-order valence-electron chi connectivity index (χ4n) is 3.50. The van der Waals surface area contributed by atoms with Crippen molar-refractivity contribution in [1.82, 2.24) is 9.80 Å². The van der Waals surface area contributed by atoms with Gasteiger partial charge in [0, 0.05) is 12.5 Å². The third-order valence-electron chi connectivity index (χ3n) is 4.59. The molecule has 0 bridgehead atoms. The van der Waals surface area contributed by atoms with Gasteiger partial charge in [0.05, 0.1) is 6.26 Å². The summed E-state index contributed by atoms with van der Waals surface area (Å²) in [6.07, 6.45) is 9.63. The third kappa shape index (κ3) is 6.91. The molecule has 1 aromatic heterocycles. The molecule has 1 aromatic rings. The van der Waals surface area contributed by atoms with Crippen molar-refractivity contribution in [3.05, 3.63) is 24.2 Å². The molecule has 1 aliphatic carbocycles. The fourth-order valence-corrected chi connectivity index (χ4v) is 3.50. The van der Waals surface area contributed by atoms with Crippen LogP contribution in [0, 0.1) is 5.92 Å². The molecule has 22 heavy (non-hydrogen) atoms. The van der Waals surface area contributed by atoms with Gasteiger partial charge in [-0.05, 0) is 71.5 Å². The van der Waals surface area contributed by atoms with Gasteiger partial charge in [0.1, 0.15) is 5.76 Å². The van der Waals surface area contributed by atoms with Gasteiger partial charge in [0.15, 0.2) is 0 Å². The van der Waals surface area contributed by atoms with E-state index in [0.717, 1.165) is 24.1 Å². The van der Waals surface area contributed by atoms with Crippen LogP contribution in [0.4, 0.5) is 0 Å². The molecule has 1 saturated carbocycles. The number of hydrogen-bond donors (Lipinski definition) is 0. The normalized spacial score (nSPS) is 21.5. The second-order valence-electron chi connectivity index (χ2n) is 6.53. The predicted octanol–water partition coefficient (Wildman–Crippen LogP) is 4.11. The molecule has 0 aromatic carbocycles. The lowest BCUT2D eigenvalue weighted by Crippen LogP contribution is -2.41. The highest BCUT2D eigenvalue weighted by Gasteiger charge is 2.28. The average molecular weight is 351 g/mol. The van der Waals surface area contributed by atoms with Crippen molar-refractivity contribution >= 4 is 24.8 Å².